The lowest BCUT2D eigenvalue weighted by Gasteiger charge is -2.03. The zero-order valence-electron chi connectivity index (χ0n) is 10.6. The second kappa shape index (κ2) is 4.96. The van der Waals surface area contributed by atoms with Crippen molar-refractivity contribution in [2.75, 3.05) is 7.11 Å². The Bertz CT molecular complexity index is 727. The minimum Gasteiger partial charge on any atom is -0.507 e. The Balaban J connectivity index is 1.98. The third-order valence-corrected chi connectivity index (χ3v) is 2.74. The molecule has 0 unspecified atom stereocenters. The number of phenolic OH excluding ortho intramolecular Hbond substituents is 1. The molecular formula is C13H11N5O2. The van der Waals surface area contributed by atoms with E-state index >= 15 is 0 Å². The van der Waals surface area contributed by atoms with Crippen molar-refractivity contribution < 1.29 is 9.84 Å². The van der Waals surface area contributed by atoms with Gasteiger partial charge in [0, 0.05) is 18.5 Å². The summed E-state index contributed by atoms with van der Waals surface area (Å²) in [7, 11) is 1.54. The normalized spacial score (nSPS) is 10.4. The Morgan fingerprint density at radius 3 is 2.85 bits per heavy atom. The number of H-pyrrole nitrogens is 1. The number of aromatic nitrogens is 5. The summed E-state index contributed by atoms with van der Waals surface area (Å²) in [5, 5.41) is 16.8. The van der Waals surface area contributed by atoms with Gasteiger partial charge in [-0.3, -0.25) is 10.1 Å². The second-order valence-electron chi connectivity index (χ2n) is 3.98. The number of aromatic amines is 1. The van der Waals surface area contributed by atoms with Crippen LogP contribution in [-0.2, 0) is 0 Å². The topological polar surface area (TPSA) is 96.8 Å². The molecule has 3 rings (SSSR count). The maximum atomic E-state index is 9.96. The molecule has 7 heteroatoms. The van der Waals surface area contributed by atoms with Gasteiger partial charge in [0.1, 0.15) is 17.2 Å². The predicted molar refractivity (Wildman–Crippen MR) is 71.1 cm³/mol. The Kier molecular flexibility index (Phi) is 3.00. The minimum absolute atomic E-state index is 0.0613. The molecule has 0 fully saturated rings. The lowest BCUT2D eigenvalue weighted by atomic mass is 10.2. The Labute approximate surface area is 114 Å². The summed E-state index contributed by atoms with van der Waals surface area (Å²) >= 11 is 0. The molecular weight excluding hydrogens is 258 g/mol. The Hall–Kier alpha value is -2.96. The number of nitrogens with zero attached hydrogens (tertiary/aromatic N) is 4. The molecule has 0 aliphatic heterocycles. The molecule has 0 saturated heterocycles. The van der Waals surface area contributed by atoms with E-state index in [2.05, 4.69) is 25.1 Å². The van der Waals surface area contributed by atoms with Gasteiger partial charge in [0.2, 0.25) is 5.82 Å². The highest BCUT2D eigenvalue weighted by molar-refractivity contribution is 5.66. The number of nitrogens with one attached hydrogen (secondary N) is 1. The summed E-state index contributed by atoms with van der Waals surface area (Å²) in [5.41, 5.74) is 1.09. The second-order valence-corrected chi connectivity index (χ2v) is 3.98. The van der Waals surface area contributed by atoms with Crippen LogP contribution in [-0.4, -0.2) is 37.4 Å². The zero-order chi connectivity index (χ0) is 13.9. The fourth-order valence-corrected chi connectivity index (χ4v) is 1.75. The highest BCUT2D eigenvalue weighted by atomic mass is 16.5. The van der Waals surface area contributed by atoms with E-state index in [-0.39, 0.29) is 5.75 Å². The molecule has 0 saturated carbocycles. The van der Waals surface area contributed by atoms with E-state index in [1.165, 1.54) is 13.2 Å². The van der Waals surface area contributed by atoms with Gasteiger partial charge in [0.25, 0.3) is 0 Å². The van der Waals surface area contributed by atoms with E-state index in [0.717, 1.165) is 0 Å². The van der Waals surface area contributed by atoms with Crippen LogP contribution >= 0.6 is 0 Å². The number of methoxy groups -OCH3 is 1. The van der Waals surface area contributed by atoms with Gasteiger partial charge in [0.15, 0.2) is 5.82 Å². The first-order valence-electron chi connectivity index (χ1n) is 5.84. The Morgan fingerprint density at radius 1 is 1.25 bits per heavy atom. The van der Waals surface area contributed by atoms with Crippen LogP contribution in [0.15, 0.2) is 36.8 Å². The van der Waals surface area contributed by atoms with Crippen LogP contribution in [0.5, 0.6) is 11.5 Å². The molecule has 0 atom stereocenters. The molecule has 3 aromatic rings. The van der Waals surface area contributed by atoms with Crippen molar-refractivity contribution in [3.63, 3.8) is 0 Å². The molecule has 0 radical (unpaired) electrons. The highest BCUT2D eigenvalue weighted by Crippen LogP contribution is 2.30. The van der Waals surface area contributed by atoms with E-state index in [4.69, 9.17) is 4.74 Å². The van der Waals surface area contributed by atoms with Crippen molar-refractivity contribution in [2.45, 2.75) is 0 Å². The predicted octanol–water partition coefficient (Wildman–Crippen LogP) is 1.64. The largest absolute Gasteiger partial charge is 0.507 e. The average molecular weight is 269 g/mol. The molecule has 20 heavy (non-hydrogen) atoms. The molecule has 0 aliphatic carbocycles. The number of hydrogen-bond acceptors (Lipinski definition) is 6. The quantitative estimate of drug-likeness (QED) is 0.750. The lowest BCUT2D eigenvalue weighted by Crippen LogP contribution is -1.87. The molecule has 7 nitrogen and oxygen atoms in total. The third-order valence-electron chi connectivity index (χ3n) is 2.74. The number of hydrogen-bond donors (Lipinski definition) is 2. The Morgan fingerprint density at radius 2 is 2.15 bits per heavy atom. The van der Waals surface area contributed by atoms with Crippen LogP contribution in [0, 0.1) is 0 Å². The monoisotopic (exact) mass is 269 g/mol. The molecule has 2 aromatic heterocycles. The molecule has 0 bridgehead atoms. The standard InChI is InChI=1S/C13H11N5O2/c1-20-8-2-3-9(11(19)6-8)12-16-13(18-17-12)10-7-14-4-5-15-10/h2-7,19H,1H3,(H,16,17,18). The van der Waals surface area contributed by atoms with E-state index in [1.54, 1.807) is 30.7 Å². The summed E-state index contributed by atoms with van der Waals surface area (Å²) in [6, 6.07) is 4.95. The molecule has 2 N–H and O–H groups in total. The van der Waals surface area contributed by atoms with Gasteiger partial charge in [-0.05, 0) is 12.1 Å². The molecule has 100 valence electrons. The smallest absolute Gasteiger partial charge is 0.201 e. The van der Waals surface area contributed by atoms with Crippen molar-refractivity contribution in [1.82, 2.24) is 25.1 Å². The number of rotatable bonds is 3. The summed E-state index contributed by atoms with van der Waals surface area (Å²) < 4.78 is 5.04. The van der Waals surface area contributed by atoms with Crippen LogP contribution < -0.4 is 4.74 Å². The van der Waals surface area contributed by atoms with Gasteiger partial charge in [-0.2, -0.15) is 5.10 Å². The maximum absolute atomic E-state index is 9.96. The van der Waals surface area contributed by atoms with Gasteiger partial charge >= 0.3 is 0 Å². The zero-order valence-corrected chi connectivity index (χ0v) is 10.6. The number of ether oxygens (including phenoxy) is 1. The first-order chi connectivity index (χ1) is 9.78. The van der Waals surface area contributed by atoms with Gasteiger partial charge in [-0.15, -0.1) is 0 Å². The molecule has 1 aromatic carbocycles. The van der Waals surface area contributed by atoms with Gasteiger partial charge < -0.3 is 9.84 Å². The van der Waals surface area contributed by atoms with E-state index in [0.29, 0.717) is 28.7 Å². The van der Waals surface area contributed by atoms with E-state index < -0.39 is 0 Å². The van der Waals surface area contributed by atoms with E-state index in [1.807, 2.05) is 0 Å². The van der Waals surface area contributed by atoms with E-state index in [9.17, 15) is 5.11 Å². The van der Waals surface area contributed by atoms with Crippen LogP contribution in [0.3, 0.4) is 0 Å². The first kappa shape index (κ1) is 12.1. The van der Waals surface area contributed by atoms with Crippen LogP contribution in [0.2, 0.25) is 0 Å². The van der Waals surface area contributed by atoms with Gasteiger partial charge in [-0.25, -0.2) is 9.97 Å². The minimum atomic E-state index is 0.0613. The van der Waals surface area contributed by atoms with Gasteiger partial charge in [-0.1, -0.05) is 0 Å². The fraction of sp³-hybridized carbons (Fsp3) is 0.0769. The van der Waals surface area contributed by atoms with Gasteiger partial charge in [0.05, 0.1) is 18.9 Å². The summed E-state index contributed by atoms with van der Waals surface area (Å²) in [5.74, 6) is 1.50. The fourth-order valence-electron chi connectivity index (χ4n) is 1.75. The molecule has 0 aliphatic rings. The highest BCUT2D eigenvalue weighted by Gasteiger charge is 2.12. The summed E-state index contributed by atoms with van der Waals surface area (Å²) in [4.78, 5) is 12.4. The van der Waals surface area contributed by atoms with Crippen molar-refractivity contribution in [3.05, 3.63) is 36.8 Å². The number of aromatic hydroxyl groups is 1. The number of phenols is 1. The van der Waals surface area contributed by atoms with Crippen LogP contribution in [0.25, 0.3) is 22.9 Å². The lowest BCUT2D eigenvalue weighted by molar-refractivity contribution is 0.408. The van der Waals surface area contributed by atoms with Crippen molar-refractivity contribution in [3.8, 4) is 34.4 Å². The third kappa shape index (κ3) is 2.16. The average Bonchev–Trinajstić information content (AvgIpc) is 2.97. The molecule has 0 spiro atoms. The van der Waals surface area contributed by atoms with Crippen LogP contribution in [0.4, 0.5) is 0 Å². The summed E-state index contributed by atoms with van der Waals surface area (Å²) in [6.07, 6.45) is 4.71. The van der Waals surface area contributed by atoms with Crippen molar-refractivity contribution in [1.29, 1.82) is 0 Å². The molecule has 0 amide bonds. The first-order valence-corrected chi connectivity index (χ1v) is 5.84. The molecule has 2 heterocycles. The summed E-state index contributed by atoms with van der Waals surface area (Å²) in [6.45, 7) is 0. The van der Waals surface area contributed by atoms with Crippen molar-refractivity contribution >= 4 is 0 Å². The van der Waals surface area contributed by atoms with Crippen LogP contribution in [0.1, 0.15) is 0 Å². The number of benzene rings is 1. The maximum Gasteiger partial charge on any atom is 0.201 e. The SMILES string of the molecule is COc1ccc(-c2nc(-c3cnccn3)n[nH]2)c(O)c1. The van der Waals surface area contributed by atoms with Crippen molar-refractivity contribution in [2.24, 2.45) is 0 Å².